The Morgan fingerprint density at radius 3 is 2.68 bits per heavy atom. The largest absolute Gasteiger partial charge is 0.331 e. The first-order valence-corrected chi connectivity index (χ1v) is 8.08. The maximum absolute atomic E-state index is 12.4. The van der Waals surface area contributed by atoms with E-state index in [4.69, 9.17) is 0 Å². The lowest BCUT2D eigenvalue weighted by molar-refractivity contribution is -0.137. The molecule has 1 aromatic rings. The Morgan fingerprint density at radius 1 is 1.24 bits per heavy atom. The van der Waals surface area contributed by atoms with Crippen molar-refractivity contribution in [1.29, 1.82) is 0 Å². The molecule has 0 spiro atoms. The van der Waals surface area contributed by atoms with E-state index >= 15 is 0 Å². The number of nitrogens with zero attached hydrogens (tertiary/aromatic N) is 2. The highest BCUT2D eigenvalue weighted by Crippen LogP contribution is 2.29. The topological polar surface area (TPSA) is 98.8 Å². The fraction of sp³-hybridized carbons (Fsp3) is 0.412. The van der Waals surface area contributed by atoms with E-state index in [-0.39, 0.29) is 17.9 Å². The minimum Gasteiger partial charge on any atom is -0.331 e. The second-order valence-electron chi connectivity index (χ2n) is 6.47. The van der Waals surface area contributed by atoms with E-state index in [0.29, 0.717) is 31.5 Å². The van der Waals surface area contributed by atoms with Crippen LogP contribution in [0.2, 0.25) is 0 Å². The lowest BCUT2D eigenvalue weighted by Gasteiger charge is -2.29. The second-order valence-corrected chi connectivity index (χ2v) is 6.47. The molecule has 132 valence electrons. The molecule has 2 aliphatic heterocycles. The van der Waals surface area contributed by atoms with Crippen molar-refractivity contribution in [3.8, 4) is 0 Å². The van der Waals surface area contributed by atoms with Crippen LogP contribution < -0.4 is 10.6 Å². The Labute approximate surface area is 145 Å². The van der Waals surface area contributed by atoms with Gasteiger partial charge in [-0.1, -0.05) is 12.1 Å². The molecule has 0 saturated carbocycles. The van der Waals surface area contributed by atoms with Crippen LogP contribution in [-0.4, -0.2) is 53.7 Å². The Hall–Kier alpha value is -2.74. The molecule has 2 heterocycles. The Balaban J connectivity index is 1.78. The number of hydrogen-bond acceptors (Lipinski definition) is 5. The second kappa shape index (κ2) is 6.64. The van der Waals surface area contributed by atoms with Gasteiger partial charge in [0.2, 0.25) is 11.8 Å². The van der Waals surface area contributed by atoms with Crippen molar-refractivity contribution in [2.75, 3.05) is 14.1 Å². The minimum atomic E-state index is -0.484. The van der Waals surface area contributed by atoms with Gasteiger partial charge in [0.05, 0.1) is 6.04 Å². The van der Waals surface area contributed by atoms with Gasteiger partial charge in [-0.3, -0.25) is 29.9 Å². The van der Waals surface area contributed by atoms with E-state index in [2.05, 4.69) is 10.6 Å². The van der Waals surface area contributed by atoms with Crippen LogP contribution in [0, 0.1) is 0 Å². The molecule has 2 N–H and O–H groups in total. The summed E-state index contributed by atoms with van der Waals surface area (Å²) < 4.78 is 0. The first kappa shape index (κ1) is 17.1. The molecule has 1 fully saturated rings. The van der Waals surface area contributed by atoms with Crippen LogP contribution in [0.15, 0.2) is 18.2 Å². The van der Waals surface area contributed by atoms with E-state index < -0.39 is 11.9 Å². The molecule has 0 aromatic heterocycles. The van der Waals surface area contributed by atoms with E-state index in [1.54, 1.807) is 26.2 Å². The van der Waals surface area contributed by atoms with Crippen LogP contribution in [0.4, 0.5) is 4.79 Å². The highest BCUT2D eigenvalue weighted by atomic mass is 16.2. The summed E-state index contributed by atoms with van der Waals surface area (Å²) in [6, 6.07) is 4.48. The maximum Gasteiger partial charge on any atom is 0.323 e. The predicted molar refractivity (Wildman–Crippen MR) is 88.4 cm³/mol. The van der Waals surface area contributed by atoms with Crippen LogP contribution in [0.5, 0.6) is 0 Å². The fourth-order valence-corrected chi connectivity index (χ4v) is 3.19. The van der Waals surface area contributed by atoms with Crippen molar-refractivity contribution in [3.05, 3.63) is 34.9 Å². The number of urea groups is 1. The summed E-state index contributed by atoms with van der Waals surface area (Å²) in [5.74, 6) is -1.00. The maximum atomic E-state index is 12.4. The van der Waals surface area contributed by atoms with Gasteiger partial charge in [-0.05, 0) is 23.6 Å². The number of imide groups is 2. The van der Waals surface area contributed by atoms with Gasteiger partial charge in [0.25, 0.3) is 5.91 Å². The third kappa shape index (κ3) is 3.39. The van der Waals surface area contributed by atoms with Crippen LogP contribution in [0.1, 0.15) is 34.3 Å². The van der Waals surface area contributed by atoms with E-state index in [1.165, 1.54) is 4.90 Å². The third-order valence-corrected chi connectivity index (χ3v) is 4.53. The van der Waals surface area contributed by atoms with Gasteiger partial charge >= 0.3 is 6.03 Å². The van der Waals surface area contributed by atoms with Crippen LogP contribution in [0.3, 0.4) is 0 Å². The quantitative estimate of drug-likeness (QED) is 0.748. The summed E-state index contributed by atoms with van der Waals surface area (Å²) in [5, 5.41) is 4.70. The van der Waals surface area contributed by atoms with E-state index in [0.717, 1.165) is 11.1 Å². The molecular weight excluding hydrogens is 324 g/mol. The van der Waals surface area contributed by atoms with Gasteiger partial charge in [0.1, 0.15) is 0 Å². The normalized spacial score (nSPS) is 20.0. The predicted octanol–water partition coefficient (Wildman–Crippen LogP) is 0.219. The Bertz CT molecular complexity index is 759. The zero-order chi connectivity index (χ0) is 18.1. The van der Waals surface area contributed by atoms with Gasteiger partial charge in [-0.2, -0.15) is 0 Å². The molecule has 8 heteroatoms. The molecule has 5 amide bonds. The van der Waals surface area contributed by atoms with Gasteiger partial charge in [0, 0.05) is 39.2 Å². The minimum absolute atomic E-state index is 0.250. The molecule has 0 aliphatic carbocycles. The van der Waals surface area contributed by atoms with E-state index in [9.17, 15) is 19.2 Å². The summed E-state index contributed by atoms with van der Waals surface area (Å²) in [4.78, 5) is 50.8. The number of rotatable bonds is 2. The molecule has 0 bridgehead atoms. The Kier molecular flexibility index (Phi) is 4.54. The molecule has 2 aliphatic rings. The lowest BCUT2D eigenvalue weighted by Crippen LogP contribution is -2.50. The van der Waals surface area contributed by atoms with Gasteiger partial charge in [-0.15, -0.1) is 0 Å². The number of benzene rings is 1. The Morgan fingerprint density at radius 2 is 2.00 bits per heavy atom. The summed E-state index contributed by atoms with van der Waals surface area (Å²) in [6.07, 6.45) is 0.785. The number of fused-ring (bicyclic) bond motifs is 1. The van der Waals surface area contributed by atoms with Crippen molar-refractivity contribution < 1.29 is 19.2 Å². The third-order valence-electron chi connectivity index (χ3n) is 4.53. The average molecular weight is 344 g/mol. The number of amides is 5. The highest BCUT2D eigenvalue weighted by molar-refractivity contribution is 6.05. The first-order valence-electron chi connectivity index (χ1n) is 8.08. The van der Waals surface area contributed by atoms with Crippen molar-refractivity contribution in [1.82, 2.24) is 20.4 Å². The summed E-state index contributed by atoms with van der Waals surface area (Å²) in [7, 11) is 3.12. The molecule has 1 aromatic carbocycles. The fourth-order valence-electron chi connectivity index (χ4n) is 3.19. The molecule has 25 heavy (non-hydrogen) atoms. The highest BCUT2D eigenvalue weighted by Gasteiger charge is 2.36. The van der Waals surface area contributed by atoms with Crippen molar-refractivity contribution in [2.45, 2.75) is 32.0 Å². The van der Waals surface area contributed by atoms with Crippen molar-refractivity contribution >= 4 is 23.8 Å². The monoisotopic (exact) mass is 344 g/mol. The summed E-state index contributed by atoms with van der Waals surface area (Å²) >= 11 is 0. The first-order chi connectivity index (χ1) is 11.9. The zero-order valence-corrected chi connectivity index (χ0v) is 14.2. The standard InChI is InChI=1S/C17H20N4O4/c1-20(2)17(25)19-15(23)11-5-3-4-10-8-21(9-12(10)11)13-6-7-14(22)18-16(13)24/h3-5,13H,6-9H2,1-2H3,(H,18,22,24)(H,19,23,25). The van der Waals surface area contributed by atoms with Crippen LogP contribution in [-0.2, 0) is 22.7 Å². The van der Waals surface area contributed by atoms with Crippen LogP contribution >= 0.6 is 0 Å². The van der Waals surface area contributed by atoms with Gasteiger partial charge < -0.3 is 4.90 Å². The van der Waals surface area contributed by atoms with Gasteiger partial charge in [0.15, 0.2) is 0 Å². The van der Waals surface area contributed by atoms with Crippen molar-refractivity contribution in [2.24, 2.45) is 0 Å². The number of carbonyl (C=O) groups excluding carboxylic acids is 4. The number of carbonyl (C=O) groups is 4. The summed E-state index contributed by atoms with van der Waals surface area (Å²) in [5.41, 5.74) is 2.20. The smallest absolute Gasteiger partial charge is 0.323 e. The zero-order valence-electron chi connectivity index (χ0n) is 14.2. The molecule has 1 atom stereocenters. The summed E-state index contributed by atoms with van der Waals surface area (Å²) in [6.45, 7) is 0.964. The molecule has 8 nitrogen and oxygen atoms in total. The SMILES string of the molecule is CN(C)C(=O)NC(=O)c1cccc2c1CN(C1CCC(=O)NC1=O)C2. The molecule has 3 rings (SSSR count). The number of hydrogen-bond donors (Lipinski definition) is 2. The number of nitrogens with one attached hydrogen (secondary N) is 2. The lowest BCUT2D eigenvalue weighted by atomic mass is 10.0. The van der Waals surface area contributed by atoms with Crippen LogP contribution in [0.25, 0.3) is 0 Å². The molecule has 1 saturated heterocycles. The average Bonchev–Trinajstić information content (AvgIpc) is 2.97. The molecular formula is C17H20N4O4. The van der Waals surface area contributed by atoms with Crippen molar-refractivity contribution in [3.63, 3.8) is 0 Å². The number of piperidine rings is 1. The van der Waals surface area contributed by atoms with E-state index in [1.807, 2.05) is 11.0 Å². The molecule has 0 radical (unpaired) electrons. The molecule has 1 unspecified atom stereocenters. The van der Waals surface area contributed by atoms with Gasteiger partial charge in [-0.25, -0.2) is 4.79 Å².